The van der Waals surface area contributed by atoms with Crippen LogP contribution in [0.4, 0.5) is 0 Å². The fourth-order valence-electron chi connectivity index (χ4n) is 3.62. The molecule has 0 spiro atoms. The summed E-state index contributed by atoms with van der Waals surface area (Å²) in [4.78, 5) is 19.2. The average Bonchev–Trinajstić information content (AvgIpc) is 3.51. The Hall–Kier alpha value is -3.06. The molecule has 2 aromatic heterocycles. The van der Waals surface area contributed by atoms with E-state index in [9.17, 15) is 4.79 Å². The van der Waals surface area contributed by atoms with Crippen LogP contribution in [0.15, 0.2) is 59.5 Å². The molecule has 7 nitrogen and oxygen atoms in total. The summed E-state index contributed by atoms with van der Waals surface area (Å²) in [7, 11) is 1.93. The van der Waals surface area contributed by atoms with Crippen molar-refractivity contribution in [2.45, 2.75) is 25.5 Å². The molecule has 152 valence electrons. The number of rotatable bonds is 8. The van der Waals surface area contributed by atoms with Crippen LogP contribution in [0.1, 0.15) is 40.8 Å². The quantitative estimate of drug-likeness (QED) is 0.635. The van der Waals surface area contributed by atoms with Gasteiger partial charge in [0.2, 0.25) is 0 Å². The van der Waals surface area contributed by atoms with E-state index in [1.807, 2.05) is 42.1 Å². The Morgan fingerprint density at radius 3 is 2.69 bits per heavy atom. The number of nitrogens with one attached hydrogen (secondary N) is 1. The van der Waals surface area contributed by atoms with Crippen LogP contribution in [-0.2, 0) is 13.7 Å². The number of likely N-dealkylation sites (tertiary alicyclic amines) is 1. The number of amides is 1. The van der Waals surface area contributed by atoms with Gasteiger partial charge in [0, 0.05) is 31.5 Å². The number of benzene rings is 1. The molecule has 1 amide bonds. The SMILES string of the molecule is Cn1ccnc1COc1ccc(C(=O)NCC(c2ccco2)N2CCCC2)cc1. The summed E-state index contributed by atoms with van der Waals surface area (Å²) in [6, 6.07) is 11.1. The summed E-state index contributed by atoms with van der Waals surface area (Å²) < 4.78 is 13.3. The maximum Gasteiger partial charge on any atom is 0.251 e. The fraction of sp³-hybridized carbons (Fsp3) is 0.364. The van der Waals surface area contributed by atoms with E-state index < -0.39 is 0 Å². The van der Waals surface area contributed by atoms with Gasteiger partial charge in [-0.25, -0.2) is 4.98 Å². The lowest BCUT2D eigenvalue weighted by Crippen LogP contribution is -2.36. The molecule has 0 bridgehead atoms. The highest BCUT2D eigenvalue weighted by Gasteiger charge is 2.26. The second-order valence-corrected chi connectivity index (χ2v) is 7.25. The number of carbonyl (C=O) groups is 1. The minimum absolute atomic E-state index is 0.0665. The van der Waals surface area contributed by atoms with E-state index in [0.717, 1.165) is 24.7 Å². The first kappa shape index (κ1) is 19.3. The molecule has 0 saturated carbocycles. The van der Waals surface area contributed by atoms with Crippen LogP contribution in [-0.4, -0.2) is 40.0 Å². The van der Waals surface area contributed by atoms with E-state index in [1.54, 1.807) is 24.6 Å². The largest absolute Gasteiger partial charge is 0.486 e. The molecular formula is C22H26N4O3. The lowest BCUT2D eigenvalue weighted by atomic mass is 10.1. The second kappa shape index (κ2) is 8.96. The zero-order chi connectivity index (χ0) is 20.1. The molecule has 1 aliphatic rings. The van der Waals surface area contributed by atoms with Gasteiger partial charge in [-0.1, -0.05) is 0 Å². The zero-order valence-electron chi connectivity index (χ0n) is 16.6. The first-order chi connectivity index (χ1) is 14.2. The van der Waals surface area contributed by atoms with Gasteiger partial charge in [-0.05, 0) is 62.3 Å². The van der Waals surface area contributed by atoms with E-state index in [4.69, 9.17) is 9.15 Å². The summed E-state index contributed by atoms with van der Waals surface area (Å²) in [6.45, 7) is 2.96. The standard InChI is InChI=1S/C22H26N4O3/c1-25-13-10-23-21(25)16-29-18-8-6-17(7-9-18)22(27)24-15-19(20-5-4-14-28-20)26-11-2-3-12-26/h4-10,13-14,19H,2-3,11-12,15-16H2,1H3,(H,24,27). The Kier molecular flexibility index (Phi) is 5.95. The van der Waals surface area contributed by atoms with Crippen molar-refractivity contribution < 1.29 is 13.9 Å². The van der Waals surface area contributed by atoms with Crippen molar-refractivity contribution in [1.29, 1.82) is 0 Å². The number of aryl methyl sites for hydroxylation is 1. The first-order valence-electron chi connectivity index (χ1n) is 9.95. The van der Waals surface area contributed by atoms with E-state index in [-0.39, 0.29) is 11.9 Å². The Bertz CT molecular complexity index is 912. The molecule has 1 aliphatic heterocycles. The van der Waals surface area contributed by atoms with Gasteiger partial charge in [-0.15, -0.1) is 0 Å². The van der Waals surface area contributed by atoms with Crippen LogP contribution >= 0.6 is 0 Å². The van der Waals surface area contributed by atoms with Crippen LogP contribution in [0.5, 0.6) is 5.75 Å². The van der Waals surface area contributed by atoms with Gasteiger partial charge >= 0.3 is 0 Å². The van der Waals surface area contributed by atoms with Crippen molar-refractivity contribution in [2.24, 2.45) is 7.05 Å². The maximum atomic E-state index is 12.6. The lowest BCUT2D eigenvalue weighted by molar-refractivity contribution is 0.0933. The third-order valence-corrected chi connectivity index (χ3v) is 5.31. The van der Waals surface area contributed by atoms with Crippen molar-refractivity contribution in [2.75, 3.05) is 19.6 Å². The normalized spacial score (nSPS) is 15.3. The number of carbonyl (C=O) groups excluding carboxylic acids is 1. The minimum Gasteiger partial charge on any atom is -0.486 e. The Morgan fingerprint density at radius 2 is 2.03 bits per heavy atom. The molecule has 1 fully saturated rings. The van der Waals surface area contributed by atoms with Crippen molar-refractivity contribution in [3.8, 4) is 5.75 Å². The van der Waals surface area contributed by atoms with E-state index in [1.165, 1.54) is 12.8 Å². The van der Waals surface area contributed by atoms with Crippen LogP contribution in [0, 0.1) is 0 Å². The monoisotopic (exact) mass is 394 g/mol. The molecule has 1 aromatic carbocycles. The first-order valence-corrected chi connectivity index (χ1v) is 9.95. The number of ether oxygens (including phenoxy) is 1. The summed E-state index contributed by atoms with van der Waals surface area (Å²) in [6.07, 6.45) is 7.67. The Labute approximate surface area is 170 Å². The predicted molar refractivity (Wildman–Crippen MR) is 109 cm³/mol. The van der Waals surface area contributed by atoms with Gasteiger partial charge in [-0.2, -0.15) is 0 Å². The van der Waals surface area contributed by atoms with Crippen molar-refractivity contribution in [1.82, 2.24) is 19.8 Å². The van der Waals surface area contributed by atoms with Crippen LogP contribution in [0.25, 0.3) is 0 Å². The minimum atomic E-state index is -0.101. The third-order valence-electron chi connectivity index (χ3n) is 5.31. The summed E-state index contributed by atoms with van der Waals surface area (Å²) in [5.74, 6) is 2.34. The van der Waals surface area contributed by atoms with Crippen molar-refractivity contribution >= 4 is 5.91 Å². The molecule has 1 saturated heterocycles. The Balaban J connectivity index is 1.33. The van der Waals surface area contributed by atoms with Gasteiger partial charge in [-0.3, -0.25) is 9.69 Å². The van der Waals surface area contributed by atoms with Crippen molar-refractivity contribution in [3.63, 3.8) is 0 Å². The van der Waals surface area contributed by atoms with Crippen LogP contribution in [0.3, 0.4) is 0 Å². The van der Waals surface area contributed by atoms with Gasteiger partial charge < -0.3 is 19.0 Å². The van der Waals surface area contributed by atoms with Gasteiger partial charge in [0.1, 0.15) is 23.9 Å². The fourth-order valence-corrected chi connectivity index (χ4v) is 3.62. The molecule has 3 aromatic rings. The van der Waals surface area contributed by atoms with Gasteiger partial charge in [0.15, 0.2) is 0 Å². The number of nitrogens with zero attached hydrogens (tertiary/aromatic N) is 3. The molecular weight excluding hydrogens is 368 g/mol. The van der Waals surface area contributed by atoms with E-state index >= 15 is 0 Å². The summed E-state index contributed by atoms with van der Waals surface area (Å²) in [5, 5.41) is 3.05. The molecule has 3 heterocycles. The van der Waals surface area contributed by atoms with Crippen LogP contribution < -0.4 is 10.1 Å². The zero-order valence-corrected chi connectivity index (χ0v) is 16.6. The highest BCUT2D eigenvalue weighted by Crippen LogP contribution is 2.25. The number of imidazole rings is 1. The molecule has 0 radical (unpaired) electrons. The highest BCUT2D eigenvalue weighted by atomic mass is 16.5. The predicted octanol–water partition coefficient (Wildman–Crippen LogP) is 3.16. The van der Waals surface area contributed by atoms with Gasteiger partial charge in [0.05, 0.1) is 12.3 Å². The van der Waals surface area contributed by atoms with Crippen LogP contribution in [0.2, 0.25) is 0 Å². The lowest BCUT2D eigenvalue weighted by Gasteiger charge is -2.26. The summed E-state index contributed by atoms with van der Waals surface area (Å²) >= 11 is 0. The Morgan fingerprint density at radius 1 is 1.24 bits per heavy atom. The van der Waals surface area contributed by atoms with Gasteiger partial charge in [0.25, 0.3) is 5.91 Å². The summed E-state index contributed by atoms with van der Waals surface area (Å²) in [5.41, 5.74) is 0.606. The number of hydrogen-bond acceptors (Lipinski definition) is 5. The molecule has 7 heteroatoms. The maximum absolute atomic E-state index is 12.6. The highest BCUT2D eigenvalue weighted by molar-refractivity contribution is 5.94. The van der Waals surface area contributed by atoms with Crippen molar-refractivity contribution in [3.05, 3.63) is 72.2 Å². The number of hydrogen-bond donors (Lipinski definition) is 1. The molecule has 1 atom stereocenters. The smallest absolute Gasteiger partial charge is 0.251 e. The number of furan rings is 1. The molecule has 29 heavy (non-hydrogen) atoms. The van der Waals surface area contributed by atoms with E-state index in [2.05, 4.69) is 15.2 Å². The van der Waals surface area contributed by atoms with E-state index in [0.29, 0.717) is 24.5 Å². The third kappa shape index (κ3) is 4.68. The topological polar surface area (TPSA) is 72.5 Å². The molecule has 4 rings (SSSR count). The number of aromatic nitrogens is 2. The molecule has 0 aliphatic carbocycles. The molecule has 1 N–H and O–H groups in total. The average molecular weight is 394 g/mol. The molecule has 1 unspecified atom stereocenters. The second-order valence-electron chi connectivity index (χ2n) is 7.25.